The lowest BCUT2D eigenvalue weighted by Gasteiger charge is -2.24. The number of hydrogen-bond acceptors (Lipinski definition) is 3. The van der Waals surface area contributed by atoms with Gasteiger partial charge in [0.05, 0.1) is 5.02 Å². The normalized spacial score (nSPS) is 15.1. The monoisotopic (exact) mass is 392 g/mol. The molecule has 5 nitrogen and oxygen atoms in total. The molecule has 0 saturated carbocycles. The van der Waals surface area contributed by atoms with E-state index in [2.05, 4.69) is 0 Å². The predicted molar refractivity (Wildman–Crippen MR) is 101 cm³/mol. The van der Waals surface area contributed by atoms with E-state index in [0.717, 1.165) is 18.4 Å². The second-order valence-corrected chi connectivity index (χ2v) is 7.22. The lowest BCUT2D eigenvalue weighted by atomic mass is 10.0. The van der Waals surface area contributed by atoms with E-state index in [4.69, 9.17) is 23.2 Å². The number of rotatable bonds is 4. The number of benzene rings is 1. The third-order valence-corrected chi connectivity index (χ3v) is 5.03. The van der Waals surface area contributed by atoms with Crippen molar-refractivity contribution in [2.75, 3.05) is 13.1 Å². The number of nitrogens with zero attached hydrogens (tertiary/aromatic N) is 2. The summed E-state index contributed by atoms with van der Waals surface area (Å²) in [5, 5.41) is 0.545. The van der Waals surface area contributed by atoms with Gasteiger partial charge in [0.1, 0.15) is 0 Å². The van der Waals surface area contributed by atoms with E-state index in [1.54, 1.807) is 17.9 Å². The third-order valence-electron chi connectivity index (χ3n) is 4.48. The van der Waals surface area contributed by atoms with Gasteiger partial charge in [-0.25, -0.2) is 0 Å². The first-order valence-electron chi connectivity index (χ1n) is 8.35. The molecule has 1 fully saturated rings. The molecule has 26 heavy (non-hydrogen) atoms. The minimum Gasteiger partial charge on any atom is -0.340 e. The van der Waals surface area contributed by atoms with Crippen LogP contribution in [0.25, 0.3) is 0 Å². The summed E-state index contributed by atoms with van der Waals surface area (Å²) in [5.41, 5.74) is 0.526. The summed E-state index contributed by atoms with van der Waals surface area (Å²) in [4.78, 5) is 40.3. The van der Waals surface area contributed by atoms with Gasteiger partial charge in [-0.2, -0.15) is 0 Å². The molecule has 0 radical (unpaired) electrons. The fourth-order valence-corrected chi connectivity index (χ4v) is 3.61. The molecule has 1 amide bonds. The molecule has 0 spiro atoms. The Balaban J connectivity index is 2.08. The number of Topliss-reactive ketones (excluding diaryl/α,β-unsaturated/α-hetero) is 1. The summed E-state index contributed by atoms with van der Waals surface area (Å²) < 4.78 is 1.18. The van der Waals surface area contributed by atoms with Gasteiger partial charge in [0.2, 0.25) is 0 Å². The summed E-state index contributed by atoms with van der Waals surface area (Å²) in [6.45, 7) is 2.94. The first-order valence-corrected chi connectivity index (χ1v) is 9.11. The number of aromatic nitrogens is 1. The number of aryl methyl sites for hydroxylation is 1. The quantitative estimate of drug-likeness (QED) is 0.590. The fourth-order valence-electron chi connectivity index (χ4n) is 3.11. The second kappa shape index (κ2) is 7.64. The Bertz CT molecular complexity index is 917. The molecule has 7 heteroatoms. The summed E-state index contributed by atoms with van der Waals surface area (Å²) in [6, 6.07) is 6.29. The maximum Gasteiger partial charge on any atom is 0.253 e. The Morgan fingerprint density at radius 2 is 1.77 bits per heavy atom. The molecular weight excluding hydrogens is 375 g/mol. The molecule has 136 valence electrons. The fraction of sp³-hybridized carbons (Fsp3) is 0.316. The van der Waals surface area contributed by atoms with Crippen LogP contribution in [0.3, 0.4) is 0 Å². The Hall–Kier alpha value is -2.11. The molecule has 1 aliphatic heterocycles. The summed E-state index contributed by atoms with van der Waals surface area (Å²) >= 11 is 12.1. The number of ketones is 1. The number of halogens is 2. The molecule has 1 unspecified atom stereocenters. The molecule has 1 aliphatic rings. The number of likely N-dealkylation sites (tertiary alicyclic amines) is 1. The largest absolute Gasteiger partial charge is 0.340 e. The highest BCUT2D eigenvalue weighted by Crippen LogP contribution is 2.26. The van der Waals surface area contributed by atoms with Crippen LogP contribution in [0.15, 0.2) is 41.3 Å². The van der Waals surface area contributed by atoms with Crippen LogP contribution in [-0.2, 0) is 4.79 Å². The van der Waals surface area contributed by atoms with Crippen molar-refractivity contribution in [1.29, 1.82) is 0 Å². The zero-order valence-corrected chi connectivity index (χ0v) is 15.8. The molecule has 2 heterocycles. The third kappa shape index (κ3) is 3.69. The van der Waals surface area contributed by atoms with Gasteiger partial charge in [0.25, 0.3) is 11.5 Å². The molecule has 1 saturated heterocycles. The van der Waals surface area contributed by atoms with Gasteiger partial charge in [-0.05, 0) is 49.6 Å². The van der Waals surface area contributed by atoms with E-state index in [1.165, 1.54) is 35.0 Å². The van der Waals surface area contributed by atoms with Gasteiger partial charge in [0, 0.05) is 35.9 Å². The summed E-state index contributed by atoms with van der Waals surface area (Å²) in [7, 11) is 0. The average Bonchev–Trinajstić information content (AvgIpc) is 3.11. The molecule has 1 aromatic heterocycles. The van der Waals surface area contributed by atoms with E-state index in [1.807, 2.05) is 0 Å². The van der Waals surface area contributed by atoms with Crippen molar-refractivity contribution < 1.29 is 9.59 Å². The summed E-state index contributed by atoms with van der Waals surface area (Å²) in [5.74, 6) is -0.904. The number of carbonyl (C=O) groups is 2. The Labute approximate surface area is 161 Å². The Kier molecular flexibility index (Phi) is 5.49. The molecule has 0 aliphatic carbocycles. The van der Waals surface area contributed by atoms with Crippen molar-refractivity contribution in [2.45, 2.75) is 25.8 Å². The van der Waals surface area contributed by atoms with Gasteiger partial charge in [-0.3, -0.25) is 19.0 Å². The Morgan fingerprint density at radius 3 is 2.38 bits per heavy atom. The van der Waals surface area contributed by atoms with E-state index in [-0.39, 0.29) is 16.5 Å². The van der Waals surface area contributed by atoms with Gasteiger partial charge >= 0.3 is 0 Å². The lowest BCUT2D eigenvalue weighted by molar-refractivity contribution is -0.132. The zero-order valence-electron chi connectivity index (χ0n) is 14.2. The smallest absolute Gasteiger partial charge is 0.253 e. The van der Waals surface area contributed by atoms with Crippen molar-refractivity contribution >= 4 is 34.9 Å². The van der Waals surface area contributed by atoms with Crippen molar-refractivity contribution in [3.05, 3.63) is 68.1 Å². The molecular formula is C19H18Cl2N2O3. The van der Waals surface area contributed by atoms with Crippen LogP contribution >= 0.6 is 23.2 Å². The van der Waals surface area contributed by atoms with Crippen LogP contribution in [0.2, 0.25) is 10.0 Å². The van der Waals surface area contributed by atoms with E-state index in [0.29, 0.717) is 18.1 Å². The highest BCUT2D eigenvalue weighted by Gasteiger charge is 2.35. The lowest BCUT2D eigenvalue weighted by Crippen LogP contribution is -2.42. The predicted octanol–water partition coefficient (Wildman–Crippen LogP) is 3.51. The van der Waals surface area contributed by atoms with Crippen molar-refractivity contribution in [2.24, 2.45) is 0 Å². The minimum atomic E-state index is -1.28. The SMILES string of the molecule is Cc1ccn(C(C(=O)c2ccc(Cl)cc2Cl)C(=O)N2CCCC2)c(=O)c1. The Morgan fingerprint density at radius 1 is 1.08 bits per heavy atom. The number of amides is 1. The maximum atomic E-state index is 13.2. The highest BCUT2D eigenvalue weighted by atomic mass is 35.5. The molecule has 0 N–H and O–H groups in total. The van der Waals surface area contributed by atoms with Crippen molar-refractivity contribution in [3.8, 4) is 0 Å². The van der Waals surface area contributed by atoms with Crippen molar-refractivity contribution in [1.82, 2.24) is 9.47 Å². The van der Waals surface area contributed by atoms with E-state index >= 15 is 0 Å². The first-order chi connectivity index (χ1) is 12.4. The maximum absolute atomic E-state index is 13.2. The van der Waals surface area contributed by atoms with Crippen LogP contribution < -0.4 is 5.56 Å². The zero-order chi connectivity index (χ0) is 18.8. The highest BCUT2D eigenvalue weighted by molar-refractivity contribution is 6.37. The number of pyridine rings is 1. The second-order valence-electron chi connectivity index (χ2n) is 6.37. The molecule has 3 rings (SSSR count). The van der Waals surface area contributed by atoms with Crippen LogP contribution in [0.1, 0.15) is 34.8 Å². The van der Waals surface area contributed by atoms with E-state index in [9.17, 15) is 14.4 Å². The van der Waals surface area contributed by atoms with Gasteiger partial charge in [0.15, 0.2) is 11.8 Å². The molecule has 1 atom stereocenters. The average molecular weight is 393 g/mol. The summed E-state index contributed by atoms with van der Waals surface area (Å²) in [6.07, 6.45) is 3.26. The van der Waals surface area contributed by atoms with Gasteiger partial charge < -0.3 is 4.90 Å². The topological polar surface area (TPSA) is 59.4 Å². The number of carbonyl (C=O) groups excluding carboxylic acids is 2. The van der Waals surface area contributed by atoms with Crippen LogP contribution in [-0.4, -0.2) is 34.2 Å². The van der Waals surface area contributed by atoms with Crippen LogP contribution in [0, 0.1) is 6.92 Å². The van der Waals surface area contributed by atoms with Crippen LogP contribution in [0.4, 0.5) is 0 Å². The van der Waals surface area contributed by atoms with Crippen molar-refractivity contribution in [3.63, 3.8) is 0 Å². The minimum absolute atomic E-state index is 0.155. The first kappa shape index (κ1) is 18.7. The number of hydrogen-bond donors (Lipinski definition) is 0. The molecule has 2 aromatic rings. The molecule has 0 bridgehead atoms. The van der Waals surface area contributed by atoms with Crippen LogP contribution in [0.5, 0.6) is 0 Å². The van der Waals surface area contributed by atoms with Gasteiger partial charge in [-0.1, -0.05) is 23.2 Å². The van der Waals surface area contributed by atoms with Gasteiger partial charge in [-0.15, -0.1) is 0 Å². The standard InChI is InChI=1S/C19H18Cl2N2O3/c1-12-6-9-23(16(24)10-12)17(19(26)22-7-2-3-8-22)18(25)14-5-4-13(20)11-15(14)21/h4-6,9-11,17H,2-3,7-8H2,1H3. The molecule has 1 aromatic carbocycles. The van der Waals surface area contributed by atoms with E-state index < -0.39 is 17.4 Å².